The van der Waals surface area contributed by atoms with Gasteiger partial charge in [0, 0.05) is 24.6 Å². The van der Waals surface area contributed by atoms with Gasteiger partial charge in [-0.15, -0.1) is 0 Å². The maximum atomic E-state index is 13.1. The summed E-state index contributed by atoms with van der Waals surface area (Å²) in [6.45, 7) is -0.122. The standard InChI is InChI=1S/C20H32N6O7S2/c21-7-15(27)25-5-1-4-14(25)19(32)23-11(9-34)17(30)24-12(10-35)20(33)26-6-2-3-13(26)18(31)22-8-16(28)29/h11-14,34-35H,1-10,21H2,(H,22,31)(H,23,32)(H,24,30)(H,28,29)/t11-,12-,13-,14+/m0/s1. The molecule has 0 saturated carbocycles. The Morgan fingerprint density at radius 2 is 1.46 bits per heavy atom. The van der Waals surface area contributed by atoms with Crippen molar-refractivity contribution >= 4 is 60.8 Å². The molecule has 4 atom stereocenters. The van der Waals surface area contributed by atoms with Crippen LogP contribution in [0.4, 0.5) is 0 Å². The van der Waals surface area contributed by atoms with Gasteiger partial charge in [-0.2, -0.15) is 25.3 Å². The number of carboxylic acid groups (broad SMARTS) is 1. The molecule has 6 N–H and O–H groups in total. The molecule has 0 aromatic carbocycles. The average Bonchev–Trinajstić information content (AvgIpc) is 3.53. The van der Waals surface area contributed by atoms with Crippen molar-refractivity contribution in [3.05, 3.63) is 0 Å². The van der Waals surface area contributed by atoms with Gasteiger partial charge in [-0.1, -0.05) is 0 Å². The van der Waals surface area contributed by atoms with E-state index in [-0.39, 0.29) is 30.5 Å². The molecule has 15 heteroatoms. The molecule has 0 aromatic rings. The molecule has 5 amide bonds. The van der Waals surface area contributed by atoms with Gasteiger partial charge in [0.15, 0.2) is 0 Å². The van der Waals surface area contributed by atoms with Gasteiger partial charge in [0.05, 0.1) is 6.54 Å². The van der Waals surface area contributed by atoms with Gasteiger partial charge in [-0.05, 0) is 25.7 Å². The lowest BCUT2D eigenvalue weighted by Crippen LogP contribution is -2.59. The van der Waals surface area contributed by atoms with Crippen molar-refractivity contribution in [2.24, 2.45) is 5.73 Å². The Hall–Kier alpha value is -2.52. The lowest BCUT2D eigenvalue weighted by atomic mass is 10.1. The molecule has 2 heterocycles. The summed E-state index contributed by atoms with van der Waals surface area (Å²) in [5.74, 6) is -4.00. The van der Waals surface area contributed by atoms with Gasteiger partial charge in [-0.3, -0.25) is 28.8 Å². The number of likely N-dealkylation sites (tertiary alicyclic amines) is 2. The molecule has 2 saturated heterocycles. The fourth-order valence-electron chi connectivity index (χ4n) is 4.16. The summed E-state index contributed by atoms with van der Waals surface area (Å²) in [4.78, 5) is 76.3. The summed E-state index contributed by atoms with van der Waals surface area (Å²) >= 11 is 8.29. The lowest BCUT2D eigenvalue weighted by Gasteiger charge is -2.29. The van der Waals surface area contributed by atoms with Crippen LogP contribution in [0.1, 0.15) is 25.7 Å². The molecule has 0 spiro atoms. The number of thiol groups is 2. The monoisotopic (exact) mass is 532 g/mol. The zero-order valence-corrected chi connectivity index (χ0v) is 20.9. The van der Waals surface area contributed by atoms with E-state index in [0.29, 0.717) is 32.2 Å². The maximum Gasteiger partial charge on any atom is 0.322 e. The van der Waals surface area contributed by atoms with Gasteiger partial charge >= 0.3 is 5.97 Å². The molecule has 0 aliphatic carbocycles. The number of amides is 5. The summed E-state index contributed by atoms with van der Waals surface area (Å²) < 4.78 is 0. The summed E-state index contributed by atoms with van der Waals surface area (Å²) in [5, 5.41) is 16.1. The van der Waals surface area contributed by atoms with E-state index in [4.69, 9.17) is 10.8 Å². The van der Waals surface area contributed by atoms with Gasteiger partial charge in [0.2, 0.25) is 29.5 Å². The van der Waals surface area contributed by atoms with E-state index in [2.05, 4.69) is 41.2 Å². The van der Waals surface area contributed by atoms with Gasteiger partial charge in [0.1, 0.15) is 30.7 Å². The van der Waals surface area contributed by atoms with Crippen molar-refractivity contribution in [2.45, 2.75) is 49.9 Å². The van der Waals surface area contributed by atoms with Crippen LogP contribution in [-0.2, 0) is 28.8 Å². The maximum absolute atomic E-state index is 13.1. The molecule has 196 valence electrons. The average molecular weight is 533 g/mol. The number of rotatable bonds is 11. The van der Waals surface area contributed by atoms with Crippen LogP contribution in [0.5, 0.6) is 0 Å². The second kappa shape index (κ2) is 13.5. The van der Waals surface area contributed by atoms with E-state index in [1.807, 2.05) is 0 Å². The molecule has 2 aliphatic heterocycles. The fraction of sp³-hybridized carbons (Fsp3) is 0.700. The third kappa shape index (κ3) is 7.48. The molecule has 13 nitrogen and oxygen atoms in total. The molecule has 2 aliphatic rings. The smallest absolute Gasteiger partial charge is 0.322 e. The highest BCUT2D eigenvalue weighted by Crippen LogP contribution is 2.19. The number of nitrogens with zero attached hydrogens (tertiary/aromatic N) is 2. The first-order valence-electron chi connectivity index (χ1n) is 11.3. The Bertz CT molecular complexity index is 845. The number of nitrogens with one attached hydrogen (secondary N) is 3. The third-order valence-electron chi connectivity index (χ3n) is 5.92. The topological polar surface area (TPSA) is 191 Å². The minimum absolute atomic E-state index is 0.0630. The van der Waals surface area contributed by atoms with E-state index < -0.39 is 60.3 Å². The van der Waals surface area contributed by atoms with Crippen molar-refractivity contribution in [1.82, 2.24) is 25.8 Å². The molecule has 35 heavy (non-hydrogen) atoms. The summed E-state index contributed by atoms with van der Waals surface area (Å²) in [6, 6.07) is -3.75. The van der Waals surface area contributed by atoms with Crippen molar-refractivity contribution < 1.29 is 33.9 Å². The van der Waals surface area contributed by atoms with Crippen molar-refractivity contribution in [3.8, 4) is 0 Å². The van der Waals surface area contributed by atoms with Gasteiger partial charge < -0.3 is 36.6 Å². The van der Waals surface area contributed by atoms with Crippen LogP contribution in [0, 0.1) is 0 Å². The molecule has 0 unspecified atom stereocenters. The van der Waals surface area contributed by atoms with Crippen LogP contribution in [0.3, 0.4) is 0 Å². The number of carboxylic acids is 1. The Balaban J connectivity index is 2.00. The molecule has 2 fully saturated rings. The highest BCUT2D eigenvalue weighted by Gasteiger charge is 2.39. The highest BCUT2D eigenvalue weighted by molar-refractivity contribution is 7.80. The number of aliphatic carboxylic acids is 1. The van der Waals surface area contributed by atoms with E-state index in [1.165, 1.54) is 9.80 Å². The molecule has 0 aromatic heterocycles. The van der Waals surface area contributed by atoms with Gasteiger partial charge in [-0.25, -0.2) is 0 Å². The number of hydrogen-bond acceptors (Lipinski definition) is 9. The third-order valence-corrected chi connectivity index (χ3v) is 6.65. The van der Waals surface area contributed by atoms with Gasteiger partial charge in [0.25, 0.3) is 0 Å². The van der Waals surface area contributed by atoms with Crippen LogP contribution in [0.2, 0.25) is 0 Å². The SMILES string of the molecule is NCC(=O)N1CCC[C@@H]1C(=O)N[C@@H](CS)C(=O)N[C@@H](CS)C(=O)N1CCC[C@H]1C(=O)NCC(=O)O. The summed E-state index contributed by atoms with van der Waals surface area (Å²) in [5.41, 5.74) is 5.41. The largest absolute Gasteiger partial charge is 0.480 e. The summed E-state index contributed by atoms with van der Waals surface area (Å²) in [7, 11) is 0. The van der Waals surface area contributed by atoms with E-state index in [1.54, 1.807) is 0 Å². The van der Waals surface area contributed by atoms with Crippen LogP contribution >= 0.6 is 25.3 Å². The first-order chi connectivity index (χ1) is 16.6. The molecule has 0 bridgehead atoms. The fourth-order valence-corrected chi connectivity index (χ4v) is 4.66. The molecule has 0 radical (unpaired) electrons. The Morgan fingerprint density at radius 1 is 0.886 bits per heavy atom. The predicted octanol–water partition coefficient (Wildman–Crippen LogP) is -3.04. The number of carbonyl (C=O) groups is 6. The molecular weight excluding hydrogens is 500 g/mol. The number of nitrogens with two attached hydrogens (primary N) is 1. The normalized spacial score (nSPS) is 21.2. The molecular formula is C20H32N6O7S2. The number of carbonyl (C=O) groups excluding carboxylic acids is 5. The van der Waals surface area contributed by atoms with Crippen molar-refractivity contribution in [3.63, 3.8) is 0 Å². The van der Waals surface area contributed by atoms with E-state index in [0.717, 1.165) is 0 Å². The first kappa shape index (κ1) is 28.7. The Labute approximate surface area is 213 Å². The zero-order valence-electron chi connectivity index (χ0n) is 19.1. The Kier molecular flexibility index (Phi) is 11.1. The van der Waals surface area contributed by atoms with Crippen LogP contribution in [-0.4, -0.2) is 112 Å². The lowest BCUT2D eigenvalue weighted by molar-refractivity contribution is -0.142. The highest BCUT2D eigenvalue weighted by atomic mass is 32.1. The van der Waals surface area contributed by atoms with Crippen molar-refractivity contribution in [1.29, 1.82) is 0 Å². The second-order valence-electron chi connectivity index (χ2n) is 8.24. The van der Waals surface area contributed by atoms with Crippen molar-refractivity contribution in [2.75, 3.05) is 37.7 Å². The molecule has 2 rings (SSSR count). The minimum Gasteiger partial charge on any atom is -0.480 e. The quantitative estimate of drug-likeness (QED) is 0.137. The Morgan fingerprint density at radius 3 is 2.00 bits per heavy atom. The van der Waals surface area contributed by atoms with Crippen LogP contribution < -0.4 is 21.7 Å². The van der Waals surface area contributed by atoms with E-state index >= 15 is 0 Å². The predicted molar refractivity (Wildman–Crippen MR) is 131 cm³/mol. The first-order valence-corrected chi connectivity index (χ1v) is 12.5. The summed E-state index contributed by atoms with van der Waals surface area (Å²) in [6.07, 6.45) is 1.98. The second-order valence-corrected chi connectivity index (χ2v) is 8.97. The van der Waals surface area contributed by atoms with Crippen LogP contribution in [0.25, 0.3) is 0 Å². The zero-order chi connectivity index (χ0) is 26.1. The number of hydrogen-bond donors (Lipinski definition) is 7. The van der Waals surface area contributed by atoms with E-state index in [9.17, 15) is 28.8 Å². The van der Waals surface area contributed by atoms with Crippen LogP contribution in [0.15, 0.2) is 0 Å². The minimum atomic E-state index is -1.21.